The van der Waals surface area contributed by atoms with Crippen LogP contribution >= 0.6 is 0 Å². The first kappa shape index (κ1) is 15.2. The van der Waals surface area contributed by atoms with Crippen LogP contribution in [-0.4, -0.2) is 43.8 Å². The van der Waals surface area contributed by atoms with Gasteiger partial charge in [0, 0.05) is 32.1 Å². The van der Waals surface area contributed by atoms with Gasteiger partial charge in [0.25, 0.3) is 11.6 Å². The summed E-state index contributed by atoms with van der Waals surface area (Å²) in [6, 6.07) is 3.03. The van der Waals surface area contributed by atoms with E-state index < -0.39 is 31.6 Å². The maximum atomic E-state index is 11.8. The number of nitro benzene ring substituents is 1. The molecular formula is C11H13N3O6S. The molecule has 10 heteroatoms. The minimum atomic E-state index is -4.22. The molecule has 1 aromatic rings. The number of nitrogens with two attached hydrogens (primary N) is 1. The first-order valence-corrected chi connectivity index (χ1v) is 7.47. The van der Waals surface area contributed by atoms with Crippen molar-refractivity contribution in [3.8, 4) is 5.75 Å². The third kappa shape index (κ3) is 3.11. The Morgan fingerprint density at radius 3 is 2.62 bits per heavy atom. The van der Waals surface area contributed by atoms with Crippen molar-refractivity contribution in [3.05, 3.63) is 28.3 Å². The summed E-state index contributed by atoms with van der Waals surface area (Å²) >= 11 is 0. The number of nitrogens with zero attached hydrogens (tertiary/aromatic N) is 2. The molecule has 1 amide bonds. The maximum absolute atomic E-state index is 11.8. The van der Waals surface area contributed by atoms with Crippen molar-refractivity contribution in [2.75, 3.05) is 13.6 Å². The van der Waals surface area contributed by atoms with Crippen molar-refractivity contribution < 1.29 is 22.9 Å². The lowest BCUT2D eigenvalue weighted by Crippen LogP contribution is -2.30. The number of carbonyl (C=O) groups is 1. The molecule has 0 aliphatic carbocycles. The Hall–Kier alpha value is -2.20. The highest BCUT2D eigenvalue weighted by Gasteiger charge is 2.32. The van der Waals surface area contributed by atoms with Crippen molar-refractivity contribution in [3.63, 3.8) is 0 Å². The maximum Gasteiger partial charge on any atom is 0.271 e. The SMILES string of the molecule is CN1CCC(Oc2ccc([N+](=O)[O-])cc2S(N)(=O)=O)C1=O. The van der Waals surface area contributed by atoms with Crippen molar-refractivity contribution in [1.82, 2.24) is 4.90 Å². The minimum Gasteiger partial charge on any atom is -0.479 e. The second-order valence-corrected chi connectivity index (χ2v) is 6.12. The number of rotatable bonds is 4. The van der Waals surface area contributed by atoms with Crippen LogP contribution < -0.4 is 9.88 Å². The van der Waals surface area contributed by atoms with Gasteiger partial charge in [0.05, 0.1) is 4.92 Å². The summed E-state index contributed by atoms with van der Waals surface area (Å²) in [4.78, 5) is 22.7. The van der Waals surface area contributed by atoms with Gasteiger partial charge in [-0.25, -0.2) is 13.6 Å². The molecule has 1 aliphatic rings. The summed E-state index contributed by atoms with van der Waals surface area (Å²) in [6.45, 7) is 0.487. The predicted molar refractivity (Wildman–Crippen MR) is 71.1 cm³/mol. The van der Waals surface area contributed by atoms with Gasteiger partial charge < -0.3 is 9.64 Å². The zero-order valence-electron chi connectivity index (χ0n) is 11.1. The quantitative estimate of drug-likeness (QED) is 0.607. The summed E-state index contributed by atoms with van der Waals surface area (Å²) < 4.78 is 28.4. The molecule has 1 aliphatic heterocycles. The van der Waals surface area contributed by atoms with Gasteiger partial charge in [0.2, 0.25) is 10.0 Å². The van der Waals surface area contributed by atoms with Gasteiger partial charge in [-0.15, -0.1) is 0 Å². The summed E-state index contributed by atoms with van der Waals surface area (Å²) in [5, 5.41) is 15.7. The number of likely N-dealkylation sites (N-methyl/N-ethyl adjacent to an activating group) is 1. The van der Waals surface area contributed by atoms with Crippen LogP contribution in [0, 0.1) is 10.1 Å². The van der Waals surface area contributed by atoms with Crippen molar-refractivity contribution >= 4 is 21.6 Å². The third-order valence-corrected chi connectivity index (χ3v) is 4.02. The van der Waals surface area contributed by atoms with Crippen LogP contribution in [-0.2, 0) is 14.8 Å². The second kappa shape index (κ2) is 5.30. The number of nitro groups is 1. The van der Waals surface area contributed by atoms with Gasteiger partial charge in [-0.1, -0.05) is 0 Å². The van der Waals surface area contributed by atoms with E-state index in [1.54, 1.807) is 7.05 Å². The first-order valence-electron chi connectivity index (χ1n) is 5.93. The van der Waals surface area contributed by atoms with E-state index in [9.17, 15) is 23.3 Å². The normalized spacial score (nSPS) is 18.9. The van der Waals surface area contributed by atoms with E-state index in [-0.39, 0.29) is 11.7 Å². The second-order valence-electron chi connectivity index (χ2n) is 4.59. The van der Waals surface area contributed by atoms with Crippen LogP contribution in [0.3, 0.4) is 0 Å². The number of sulfonamides is 1. The van der Waals surface area contributed by atoms with Gasteiger partial charge in [-0.2, -0.15) is 0 Å². The molecule has 9 nitrogen and oxygen atoms in total. The highest BCUT2D eigenvalue weighted by atomic mass is 32.2. The van der Waals surface area contributed by atoms with Crippen LogP contribution in [0.25, 0.3) is 0 Å². The van der Waals surface area contributed by atoms with E-state index in [0.717, 1.165) is 18.2 Å². The number of hydrogen-bond donors (Lipinski definition) is 1. The van der Waals surface area contributed by atoms with Crippen LogP contribution in [0.15, 0.2) is 23.1 Å². The van der Waals surface area contributed by atoms with Crippen LogP contribution in [0.2, 0.25) is 0 Å². The highest BCUT2D eigenvalue weighted by molar-refractivity contribution is 7.89. The van der Waals surface area contributed by atoms with E-state index >= 15 is 0 Å². The molecule has 21 heavy (non-hydrogen) atoms. The standard InChI is InChI=1S/C11H13N3O6S/c1-13-5-4-9(11(13)15)20-8-3-2-7(14(16)17)6-10(8)21(12,18)19/h2-3,6,9H,4-5H2,1H3,(H2,12,18,19). The largest absolute Gasteiger partial charge is 0.479 e. The Morgan fingerprint density at radius 2 is 2.14 bits per heavy atom. The molecule has 1 saturated heterocycles. The average molecular weight is 315 g/mol. The summed E-state index contributed by atoms with van der Waals surface area (Å²) in [5.74, 6) is -0.453. The van der Waals surface area contributed by atoms with E-state index in [4.69, 9.17) is 9.88 Å². The van der Waals surface area contributed by atoms with Crippen LogP contribution in [0.4, 0.5) is 5.69 Å². The highest BCUT2D eigenvalue weighted by Crippen LogP contribution is 2.29. The topological polar surface area (TPSA) is 133 Å². The molecule has 0 spiro atoms. The summed E-state index contributed by atoms with van der Waals surface area (Å²) in [5.41, 5.74) is -0.429. The van der Waals surface area contributed by atoms with Gasteiger partial charge in [-0.3, -0.25) is 14.9 Å². The molecule has 1 fully saturated rings. The number of hydrogen-bond acceptors (Lipinski definition) is 6. The lowest BCUT2D eigenvalue weighted by Gasteiger charge is -2.15. The van der Waals surface area contributed by atoms with Crippen molar-refractivity contribution in [1.29, 1.82) is 0 Å². The van der Waals surface area contributed by atoms with E-state index in [1.807, 2.05) is 0 Å². The minimum absolute atomic E-state index is 0.170. The zero-order valence-corrected chi connectivity index (χ0v) is 11.9. The lowest BCUT2D eigenvalue weighted by molar-refractivity contribution is -0.385. The van der Waals surface area contributed by atoms with Gasteiger partial charge in [0.1, 0.15) is 10.6 Å². The molecular weight excluding hydrogens is 302 g/mol. The molecule has 2 N–H and O–H groups in total. The summed E-state index contributed by atoms with van der Waals surface area (Å²) in [7, 11) is -2.62. The number of likely N-dealkylation sites (tertiary alicyclic amines) is 1. The number of primary sulfonamides is 1. The van der Waals surface area contributed by atoms with E-state index in [1.165, 1.54) is 4.90 Å². The Bertz CT molecular complexity index is 702. The fraction of sp³-hybridized carbons (Fsp3) is 0.364. The van der Waals surface area contributed by atoms with Gasteiger partial charge in [-0.05, 0) is 6.07 Å². The Balaban J connectivity index is 2.40. The van der Waals surface area contributed by atoms with E-state index in [2.05, 4.69) is 0 Å². The lowest BCUT2D eigenvalue weighted by atomic mass is 10.2. The van der Waals surface area contributed by atoms with Crippen LogP contribution in [0.1, 0.15) is 6.42 Å². The van der Waals surface area contributed by atoms with Gasteiger partial charge >= 0.3 is 0 Å². The molecule has 0 bridgehead atoms. The molecule has 1 aromatic carbocycles. The summed E-state index contributed by atoms with van der Waals surface area (Å²) in [6.07, 6.45) is -0.423. The fourth-order valence-electron chi connectivity index (χ4n) is 1.98. The number of benzene rings is 1. The number of ether oxygens (including phenoxy) is 1. The third-order valence-electron chi connectivity index (χ3n) is 3.09. The fourth-order valence-corrected chi connectivity index (χ4v) is 2.66. The number of non-ortho nitro benzene ring substituents is 1. The average Bonchev–Trinajstić information content (AvgIpc) is 2.69. The number of carbonyl (C=O) groups excluding carboxylic acids is 1. The number of amides is 1. The smallest absolute Gasteiger partial charge is 0.271 e. The van der Waals surface area contributed by atoms with E-state index in [0.29, 0.717) is 13.0 Å². The van der Waals surface area contributed by atoms with Crippen molar-refractivity contribution in [2.24, 2.45) is 5.14 Å². The monoisotopic (exact) mass is 315 g/mol. The molecule has 2 rings (SSSR count). The Morgan fingerprint density at radius 1 is 1.48 bits per heavy atom. The molecule has 0 aromatic heterocycles. The van der Waals surface area contributed by atoms with Gasteiger partial charge in [0.15, 0.2) is 6.10 Å². The Kier molecular flexibility index (Phi) is 3.83. The first-order chi connectivity index (χ1) is 9.70. The molecule has 1 heterocycles. The molecule has 0 saturated carbocycles. The van der Waals surface area contributed by atoms with Crippen molar-refractivity contribution in [2.45, 2.75) is 17.4 Å². The predicted octanol–water partition coefficient (Wildman–Crippen LogP) is -0.148. The zero-order chi connectivity index (χ0) is 15.8. The molecule has 114 valence electrons. The Labute approximate surface area is 120 Å². The molecule has 1 atom stereocenters. The van der Waals surface area contributed by atoms with Crippen LogP contribution in [0.5, 0.6) is 5.75 Å². The molecule has 1 unspecified atom stereocenters. The molecule has 0 radical (unpaired) electrons.